The average molecular weight is 353 g/mol. The molecule has 3 amide bonds. The standard InChI is InChI=1S/C20H23N3O3/c1-15(24)21-17-8-6-12-23(14-17)20(25)22-16-7-5-11-19(13-16)26-18-9-3-2-4-10-18/h2-5,7,9-11,13,17H,6,8,12,14H2,1H3,(H,21,24)(H,22,25). The second-order valence-corrected chi connectivity index (χ2v) is 6.36. The van der Waals surface area contributed by atoms with Crippen molar-refractivity contribution >= 4 is 17.6 Å². The van der Waals surface area contributed by atoms with Crippen LogP contribution in [-0.2, 0) is 4.79 Å². The Bertz CT molecular complexity index is 764. The van der Waals surface area contributed by atoms with Gasteiger partial charge in [-0.05, 0) is 37.1 Å². The zero-order valence-electron chi connectivity index (χ0n) is 14.8. The molecule has 0 saturated carbocycles. The third-order valence-electron chi connectivity index (χ3n) is 4.18. The Kier molecular flexibility index (Phi) is 5.73. The number of hydrogen-bond donors (Lipinski definition) is 2. The van der Waals surface area contributed by atoms with Crippen molar-refractivity contribution in [3.8, 4) is 11.5 Å². The maximum absolute atomic E-state index is 12.5. The molecule has 0 aromatic heterocycles. The number of para-hydroxylation sites is 1. The van der Waals surface area contributed by atoms with Crippen LogP contribution in [0.5, 0.6) is 11.5 Å². The number of rotatable bonds is 4. The normalized spacial score (nSPS) is 16.7. The lowest BCUT2D eigenvalue weighted by Crippen LogP contribution is -2.50. The van der Waals surface area contributed by atoms with Crippen molar-refractivity contribution in [2.45, 2.75) is 25.8 Å². The van der Waals surface area contributed by atoms with E-state index in [1.165, 1.54) is 6.92 Å². The number of likely N-dealkylation sites (tertiary alicyclic amines) is 1. The van der Waals surface area contributed by atoms with Gasteiger partial charge >= 0.3 is 6.03 Å². The quantitative estimate of drug-likeness (QED) is 0.882. The third-order valence-corrected chi connectivity index (χ3v) is 4.18. The minimum Gasteiger partial charge on any atom is -0.457 e. The predicted molar refractivity (Wildman–Crippen MR) is 100 cm³/mol. The molecule has 1 atom stereocenters. The molecular weight excluding hydrogens is 330 g/mol. The Morgan fingerprint density at radius 2 is 1.85 bits per heavy atom. The van der Waals surface area contributed by atoms with Crippen molar-refractivity contribution in [2.24, 2.45) is 0 Å². The first kappa shape index (κ1) is 17.8. The summed E-state index contributed by atoms with van der Waals surface area (Å²) >= 11 is 0. The second-order valence-electron chi connectivity index (χ2n) is 6.36. The van der Waals surface area contributed by atoms with Crippen molar-refractivity contribution in [2.75, 3.05) is 18.4 Å². The number of anilines is 1. The molecule has 1 fully saturated rings. The molecule has 3 rings (SSSR count). The van der Waals surface area contributed by atoms with Crippen LogP contribution in [0.4, 0.5) is 10.5 Å². The first-order valence-corrected chi connectivity index (χ1v) is 8.76. The summed E-state index contributed by atoms with van der Waals surface area (Å²) in [6.45, 7) is 2.70. The van der Waals surface area contributed by atoms with Gasteiger partial charge in [0.05, 0.1) is 0 Å². The van der Waals surface area contributed by atoms with Gasteiger partial charge in [0.1, 0.15) is 11.5 Å². The fourth-order valence-electron chi connectivity index (χ4n) is 3.03. The summed E-state index contributed by atoms with van der Waals surface area (Å²) in [5.41, 5.74) is 0.671. The van der Waals surface area contributed by atoms with Crippen molar-refractivity contribution in [1.82, 2.24) is 10.2 Å². The van der Waals surface area contributed by atoms with Crippen LogP contribution in [0.15, 0.2) is 54.6 Å². The molecule has 2 aromatic rings. The fourth-order valence-corrected chi connectivity index (χ4v) is 3.03. The monoisotopic (exact) mass is 353 g/mol. The highest BCUT2D eigenvalue weighted by molar-refractivity contribution is 5.89. The van der Waals surface area contributed by atoms with Crippen molar-refractivity contribution in [1.29, 1.82) is 0 Å². The number of carbonyl (C=O) groups is 2. The molecule has 6 nitrogen and oxygen atoms in total. The van der Waals surface area contributed by atoms with Crippen LogP contribution >= 0.6 is 0 Å². The van der Waals surface area contributed by atoms with Gasteiger partial charge in [0.15, 0.2) is 0 Å². The number of benzene rings is 2. The molecule has 0 spiro atoms. The van der Waals surface area contributed by atoms with E-state index in [1.54, 1.807) is 11.0 Å². The Labute approximate surface area is 153 Å². The van der Waals surface area contributed by atoms with Crippen LogP contribution in [-0.4, -0.2) is 36.0 Å². The minimum atomic E-state index is -0.170. The highest BCUT2D eigenvalue weighted by atomic mass is 16.5. The zero-order valence-corrected chi connectivity index (χ0v) is 14.8. The van der Waals surface area contributed by atoms with Crippen LogP contribution in [0.2, 0.25) is 0 Å². The lowest BCUT2D eigenvalue weighted by molar-refractivity contribution is -0.119. The van der Waals surface area contributed by atoms with Gasteiger partial charge in [-0.25, -0.2) is 4.79 Å². The number of urea groups is 1. The molecule has 1 aliphatic rings. The first-order valence-electron chi connectivity index (χ1n) is 8.76. The van der Waals surface area contributed by atoms with Crippen LogP contribution in [0.1, 0.15) is 19.8 Å². The molecule has 0 bridgehead atoms. The molecule has 136 valence electrons. The van der Waals surface area contributed by atoms with E-state index in [4.69, 9.17) is 4.74 Å². The summed E-state index contributed by atoms with van der Waals surface area (Å²) in [5.74, 6) is 1.33. The van der Waals surface area contributed by atoms with Gasteiger partial charge in [0.25, 0.3) is 0 Å². The van der Waals surface area contributed by atoms with Crippen molar-refractivity contribution in [3.63, 3.8) is 0 Å². The molecule has 6 heteroatoms. The summed E-state index contributed by atoms with van der Waals surface area (Å²) in [6.07, 6.45) is 1.76. The molecule has 1 unspecified atom stereocenters. The predicted octanol–water partition coefficient (Wildman–Crippen LogP) is 3.61. The third kappa shape index (κ3) is 4.99. The average Bonchev–Trinajstić information content (AvgIpc) is 2.62. The Hall–Kier alpha value is -3.02. The number of ether oxygens (including phenoxy) is 1. The summed E-state index contributed by atoms with van der Waals surface area (Å²) in [6, 6.07) is 16.6. The van der Waals surface area contributed by atoms with Crippen LogP contribution < -0.4 is 15.4 Å². The molecule has 1 saturated heterocycles. The van der Waals surface area contributed by atoms with E-state index in [-0.39, 0.29) is 18.0 Å². The minimum absolute atomic E-state index is 0.0137. The topological polar surface area (TPSA) is 70.7 Å². The molecule has 2 N–H and O–H groups in total. The zero-order chi connectivity index (χ0) is 18.4. The van der Waals surface area contributed by atoms with Crippen LogP contribution in [0.25, 0.3) is 0 Å². The highest BCUT2D eigenvalue weighted by Crippen LogP contribution is 2.24. The summed E-state index contributed by atoms with van der Waals surface area (Å²) < 4.78 is 5.79. The largest absolute Gasteiger partial charge is 0.457 e. The second kappa shape index (κ2) is 8.38. The van der Waals surface area contributed by atoms with E-state index in [1.807, 2.05) is 48.5 Å². The lowest BCUT2D eigenvalue weighted by atomic mass is 10.1. The van der Waals surface area contributed by atoms with E-state index in [9.17, 15) is 9.59 Å². The number of nitrogens with one attached hydrogen (secondary N) is 2. The molecule has 2 aromatic carbocycles. The van der Waals surface area contributed by atoms with E-state index >= 15 is 0 Å². The SMILES string of the molecule is CC(=O)NC1CCCN(C(=O)Nc2cccc(Oc3ccccc3)c2)C1. The number of carbonyl (C=O) groups excluding carboxylic acids is 2. The number of amides is 3. The summed E-state index contributed by atoms with van der Waals surface area (Å²) in [5, 5.41) is 5.79. The molecule has 1 heterocycles. The van der Waals surface area contributed by atoms with E-state index in [0.29, 0.717) is 24.5 Å². The molecule has 26 heavy (non-hydrogen) atoms. The van der Waals surface area contributed by atoms with E-state index < -0.39 is 0 Å². The van der Waals surface area contributed by atoms with Gasteiger partial charge in [0.2, 0.25) is 5.91 Å². The molecular formula is C20H23N3O3. The number of nitrogens with zero attached hydrogens (tertiary/aromatic N) is 1. The first-order chi connectivity index (χ1) is 12.6. The molecule has 0 aliphatic carbocycles. The van der Waals surface area contributed by atoms with Crippen molar-refractivity contribution < 1.29 is 14.3 Å². The Balaban J connectivity index is 1.60. The maximum atomic E-state index is 12.5. The van der Waals surface area contributed by atoms with Gasteiger partial charge in [-0.2, -0.15) is 0 Å². The van der Waals surface area contributed by atoms with Gasteiger partial charge < -0.3 is 20.3 Å². The van der Waals surface area contributed by atoms with Gasteiger partial charge in [-0.15, -0.1) is 0 Å². The summed E-state index contributed by atoms with van der Waals surface area (Å²) in [7, 11) is 0. The fraction of sp³-hybridized carbons (Fsp3) is 0.300. The van der Waals surface area contributed by atoms with Gasteiger partial charge in [-0.3, -0.25) is 4.79 Å². The Morgan fingerprint density at radius 1 is 1.08 bits per heavy atom. The smallest absolute Gasteiger partial charge is 0.321 e. The number of hydrogen-bond acceptors (Lipinski definition) is 3. The molecule has 0 radical (unpaired) electrons. The lowest BCUT2D eigenvalue weighted by Gasteiger charge is -2.33. The highest BCUT2D eigenvalue weighted by Gasteiger charge is 2.24. The van der Waals surface area contributed by atoms with Gasteiger partial charge in [-0.1, -0.05) is 24.3 Å². The van der Waals surface area contributed by atoms with Crippen molar-refractivity contribution in [3.05, 3.63) is 54.6 Å². The van der Waals surface area contributed by atoms with E-state index in [2.05, 4.69) is 10.6 Å². The molecule has 1 aliphatic heterocycles. The van der Waals surface area contributed by atoms with E-state index in [0.717, 1.165) is 18.6 Å². The van der Waals surface area contributed by atoms with Crippen LogP contribution in [0, 0.1) is 0 Å². The maximum Gasteiger partial charge on any atom is 0.321 e. The van der Waals surface area contributed by atoms with Crippen LogP contribution in [0.3, 0.4) is 0 Å². The Morgan fingerprint density at radius 3 is 2.62 bits per heavy atom. The summed E-state index contributed by atoms with van der Waals surface area (Å²) in [4.78, 5) is 25.5. The number of piperidine rings is 1. The van der Waals surface area contributed by atoms with Gasteiger partial charge in [0, 0.05) is 37.8 Å².